The first-order valence-electron chi connectivity index (χ1n) is 5.88. The summed E-state index contributed by atoms with van der Waals surface area (Å²) in [6, 6.07) is -0.0991. The van der Waals surface area contributed by atoms with Crippen LogP contribution in [0.15, 0.2) is 0 Å². The smallest absolute Gasteiger partial charge is 0.251 e. The SMILES string of the molecule is CCC(C(=O)NN)N1CCN(C)C(C)(C)C1. The fraction of sp³-hybridized carbons (Fsp3) is 0.909. The molecule has 0 bridgehead atoms. The molecule has 1 aliphatic rings. The highest BCUT2D eigenvalue weighted by atomic mass is 16.2. The largest absolute Gasteiger partial charge is 0.299 e. The van der Waals surface area contributed by atoms with Gasteiger partial charge in [-0.1, -0.05) is 6.92 Å². The van der Waals surface area contributed by atoms with Gasteiger partial charge in [-0.15, -0.1) is 0 Å². The van der Waals surface area contributed by atoms with Gasteiger partial charge in [-0.25, -0.2) is 5.84 Å². The van der Waals surface area contributed by atoms with Crippen LogP contribution in [0.4, 0.5) is 0 Å². The van der Waals surface area contributed by atoms with Gasteiger partial charge in [0.15, 0.2) is 0 Å². The number of hydrazine groups is 1. The number of amides is 1. The molecule has 0 aromatic heterocycles. The number of piperazine rings is 1. The fourth-order valence-corrected chi connectivity index (χ4v) is 2.25. The van der Waals surface area contributed by atoms with Crippen molar-refractivity contribution in [3.63, 3.8) is 0 Å². The second kappa shape index (κ2) is 5.12. The molecule has 94 valence electrons. The van der Waals surface area contributed by atoms with E-state index in [0.29, 0.717) is 0 Å². The highest BCUT2D eigenvalue weighted by Crippen LogP contribution is 2.21. The van der Waals surface area contributed by atoms with Crippen LogP contribution in [0.3, 0.4) is 0 Å². The summed E-state index contributed by atoms with van der Waals surface area (Å²) in [6.45, 7) is 9.23. The van der Waals surface area contributed by atoms with Crippen LogP contribution >= 0.6 is 0 Å². The van der Waals surface area contributed by atoms with E-state index in [2.05, 4.69) is 36.1 Å². The van der Waals surface area contributed by atoms with E-state index in [9.17, 15) is 4.79 Å². The molecule has 16 heavy (non-hydrogen) atoms. The zero-order valence-electron chi connectivity index (χ0n) is 10.8. The van der Waals surface area contributed by atoms with E-state index in [-0.39, 0.29) is 17.5 Å². The maximum atomic E-state index is 11.6. The minimum absolute atomic E-state index is 0.0807. The number of carbonyl (C=O) groups is 1. The zero-order valence-corrected chi connectivity index (χ0v) is 10.8. The Kier molecular flexibility index (Phi) is 4.29. The van der Waals surface area contributed by atoms with Crippen molar-refractivity contribution in [3.8, 4) is 0 Å². The molecule has 0 spiro atoms. The first-order chi connectivity index (χ1) is 7.42. The van der Waals surface area contributed by atoms with Crippen molar-refractivity contribution < 1.29 is 4.79 Å². The second-order valence-corrected chi connectivity index (χ2v) is 5.14. The van der Waals surface area contributed by atoms with Crippen LogP contribution in [-0.4, -0.2) is 54.0 Å². The number of rotatable bonds is 3. The minimum Gasteiger partial charge on any atom is -0.299 e. The molecule has 0 saturated carbocycles. The third kappa shape index (κ3) is 2.72. The van der Waals surface area contributed by atoms with Crippen LogP contribution in [0.5, 0.6) is 0 Å². The van der Waals surface area contributed by atoms with E-state index < -0.39 is 0 Å². The van der Waals surface area contributed by atoms with E-state index in [1.54, 1.807) is 0 Å². The molecule has 1 aliphatic heterocycles. The standard InChI is InChI=1S/C11H24N4O/c1-5-9(10(16)13-12)15-7-6-14(4)11(2,3)8-15/h9H,5-8,12H2,1-4H3,(H,13,16). The van der Waals surface area contributed by atoms with Crippen molar-refractivity contribution in [2.75, 3.05) is 26.7 Å². The minimum atomic E-state index is -0.0991. The van der Waals surface area contributed by atoms with Crippen molar-refractivity contribution in [3.05, 3.63) is 0 Å². The van der Waals surface area contributed by atoms with Crippen molar-refractivity contribution in [1.29, 1.82) is 0 Å². The summed E-state index contributed by atoms with van der Waals surface area (Å²) in [5, 5.41) is 0. The predicted molar refractivity (Wildman–Crippen MR) is 64.7 cm³/mol. The molecule has 0 aromatic rings. The Morgan fingerprint density at radius 1 is 1.50 bits per heavy atom. The number of nitrogens with zero attached hydrogens (tertiary/aromatic N) is 2. The van der Waals surface area contributed by atoms with Crippen molar-refractivity contribution in [2.24, 2.45) is 5.84 Å². The van der Waals surface area contributed by atoms with Gasteiger partial charge in [0.25, 0.3) is 5.91 Å². The van der Waals surface area contributed by atoms with Crippen LogP contribution in [0.1, 0.15) is 27.2 Å². The molecule has 0 radical (unpaired) electrons. The molecule has 1 heterocycles. The fourth-order valence-electron chi connectivity index (χ4n) is 2.25. The van der Waals surface area contributed by atoms with Gasteiger partial charge >= 0.3 is 0 Å². The van der Waals surface area contributed by atoms with Gasteiger partial charge in [-0.3, -0.25) is 20.0 Å². The van der Waals surface area contributed by atoms with Gasteiger partial charge in [-0.2, -0.15) is 0 Å². The molecule has 1 saturated heterocycles. The molecule has 3 N–H and O–H groups in total. The van der Waals surface area contributed by atoms with E-state index in [1.165, 1.54) is 0 Å². The zero-order chi connectivity index (χ0) is 12.3. The lowest BCUT2D eigenvalue weighted by atomic mass is 9.97. The van der Waals surface area contributed by atoms with Crippen LogP contribution in [0.25, 0.3) is 0 Å². The van der Waals surface area contributed by atoms with E-state index in [4.69, 9.17) is 5.84 Å². The maximum absolute atomic E-state index is 11.6. The molecular weight excluding hydrogens is 204 g/mol. The third-order valence-electron chi connectivity index (χ3n) is 3.62. The Hall–Kier alpha value is -0.650. The molecular formula is C11H24N4O. The maximum Gasteiger partial charge on any atom is 0.251 e. The van der Waals surface area contributed by atoms with Crippen LogP contribution < -0.4 is 11.3 Å². The van der Waals surface area contributed by atoms with Crippen LogP contribution in [-0.2, 0) is 4.79 Å². The number of nitrogens with two attached hydrogens (primary N) is 1. The Morgan fingerprint density at radius 3 is 2.56 bits per heavy atom. The predicted octanol–water partition coefficient (Wildman–Crippen LogP) is -0.219. The van der Waals surface area contributed by atoms with Gasteiger partial charge in [0, 0.05) is 25.2 Å². The summed E-state index contributed by atoms with van der Waals surface area (Å²) in [5.74, 6) is 5.13. The first-order valence-corrected chi connectivity index (χ1v) is 5.88. The summed E-state index contributed by atoms with van der Waals surface area (Å²) in [4.78, 5) is 16.2. The molecule has 5 heteroatoms. The van der Waals surface area contributed by atoms with Gasteiger partial charge in [0.2, 0.25) is 0 Å². The number of likely N-dealkylation sites (N-methyl/N-ethyl adjacent to an activating group) is 1. The molecule has 0 aromatic carbocycles. The number of carbonyl (C=O) groups excluding carboxylic acids is 1. The normalized spacial score (nSPS) is 24.1. The molecule has 1 unspecified atom stereocenters. The highest BCUT2D eigenvalue weighted by molar-refractivity contribution is 5.81. The lowest BCUT2D eigenvalue weighted by Gasteiger charge is -2.47. The van der Waals surface area contributed by atoms with Crippen molar-refractivity contribution in [2.45, 2.75) is 38.8 Å². The Morgan fingerprint density at radius 2 is 2.12 bits per heavy atom. The van der Waals surface area contributed by atoms with Crippen LogP contribution in [0.2, 0.25) is 0 Å². The number of hydrogen-bond acceptors (Lipinski definition) is 4. The third-order valence-corrected chi connectivity index (χ3v) is 3.62. The summed E-state index contributed by atoms with van der Waals surface area (Å²) < 4.78 is 0. The summed E-state index contributed by atoms with van der Waals surface area (Å²) >= 11 is 0. The Labute approximate surface area is 97.9 Å². The Bertz CT molecular complexity index is 254. The second-order valence-electron chi connectivity index (χ2n) is 5.14. The lowest BCUT2D eigenvalue weighted by molar-refractivity contribution is -0.128. The molecule has 1 rings (SSSR count). The summed E-state index contributed by atoms with van der Waals surface area (Å²) in [5.41, 5.74) is 2.37. The first kappa shape index (κ1) is 13.4. The van der Waals surface area contributed by atoms with Gasteiger partial charge in [0.05, 0.1) is 6.04 Å². The summed E-state index contributed by atoms with van der Waals surface area (Å²) in [6.07, 6.45) is 0.794. The van der Waals surface area contributed by atoms with E-state index in [0.717, 1.165) is 26.1 Å². The van der Waals surface area contributed by atoms with Crippen LogP contribution in [0, 0.1) is 0 Å². The van der Waals surface area contributed by atoms with Gasteiger partial charge < -0.3 is 0 Å². The topological polar surface area (TPSA) is 61.6 Å². The molecule has 1 amide bonds. The van der Waals surface area contributed by atoms with Gasteiger partial charge in [0.1, 0.15) is 0 Å². The Balaban J connectivity index is 2.70. The monoisotopic (exact) mass is 228 g/mol. The van der Waals surface area contributed by atoms with Gasteiger partial charge in [-0.05, 0) is 27.3 Å². The average molecular weight is 228 g/mol. The highest BCUT2D eigenvalue weighted by Gasteiger charge is 2.35. The molecule has 5 nitrogen and oxygen atoms in total. The number of hydrogen-bond donors (Lipinski definition) is 2. The number of nitrogens with one attached hydrogen (secondary N) is 1. The molecule has 1 atom stereocenters. The van der Waals surface area contributed by atoms with Crippen molar-refractivity contribution >= 4 is 5.91 Å². The average Bonchev–Trinajstić information content (AvgIpc) is 2.23. The quantitative estimate of drug-likeness (QED) is 0.398. The molecule has 0 aliphatic carbocycles. The lowest BCUT2D eigenvalue weighted by Crippen LogP contribution is -2.62. The van der Waals surface area contributed by atoms with Crippen molar-refractivity contribution in [1.82, 2.24) is 15.2 Å². The van der Waals surface area contributed by atoms with E-state index >= 15 is 0 Å². The molecule has 1 fully saturated rings. The van der Waals surface area contributed by atoms with E-state index in [1.807, 2.05) is 6.92 Å². The summed E-state index contributed by atoms with van der Waals surface area (Å²) in [7, 11) is 2.13.